The minimum atomic E-state index is -0.758. The number of benzene rings is 1. The Balaban J connectivity index is 1.81. The van der Waals surface area contributed by atoms with E-state index in [9.17, 15) is 14.4 Å². The zero-order valence-corrected chi connectivity index (χ0v) is 23.6. The van der Waals surface area contributed by atoms with E-state index in [1.807, 2.05) is 56.3 Å². The van der Waals surface area contributed by atoms with E-state index in [4.69, 9.17) is 15.3 Å². The van der Waals surface area contributed by atoms with Crippen LogP contribution in [0.4, 0.5) is 0 Å². The maximum atomic E-state index is 13.8. The molecule has 216 valence electrons. The molecule has 3 amide bonds. The second kappa shape index (κ2) is 15.7. The quantitative estimate of drug-likeness (QED) is 0.325. The number of hydrazine groups is 1. The molecule has 1 unspecified atom stereocenters. The molecule has 0 spiro atoms. The fourth-order valence-corrected chi connectivity index (χ4v) is 4.93. The molecule has 4 N–H and O–H groups in total. The predicted octanol–water partition coefficient (Wildman–Crippen LogP) is 3.95. The summed E-state index contributed by atoms with van der Waals surface area (Å²) in [4.78, 5) is 45.8. The summed E-state index contributed by atoms with van der Waals surface area (Å²) in [6, 6.07) is 9.06. The second-order valence-electron chi connectivity index (χ2n) is 11.3. The highest BCUT2D eigenvalue weighted by atomic mass is 16.8. The van der Waals surface area contributed by atoms with Gasteiger partial charge in [-0.25, -0.2) is 10.3 Å². The number of ether oxygens (including phenoxy) is 1. The molecule has 1 aliphatic heterocycles. The van der Waals surface area contributed by atoms with Gasteiger partial charge in [-0.2, -0.15) is 0 Å². The van der Waals surface area contributed by atoms with Crippen molar-refractivity contribution in [2.45, 2.75) is 84.5 Å². The van der Waals surface area contributed by atoms with Crippen molar-refractivity contribution in [3.8, 4) is 0 Å². The number of hydroxylamine groups is 1. The highest BCUT2D eigenvalue weighted by molar-refractivity contribution is 5.89. The average molecular weight is 543 g/mol. The molecule has 1 aromatic carbocycles. The summed E-state index contributed by atoms with van der Waals surface area (Å²) in [7, 11) is 0. The van der Waals surface area contributed by atoms with Crippen LogP contribution in [0, 0.1) is 23.7 Å². The van der Waals surface area contributed by atoms with Crippen molar-refractivity contribution >= 4 is 23.8 Å². The van der Waals surface area contributed by atoms with Crippen LogP contribution < -0.4 is 16.6 Å². The third-order valence-electron chi connectivity index (χ3n) is 7.35. The number of nitrogens with one attached hydrogen (secondary N) is 2. The Morgan fingerprint density at radius 3 is 2.38 bits per heavy atom. The number of allylic oxidation sites excluding steroid dienone is 1. The van der Waals surface area contributed by atoms with Crippen molar-refractivity contribution in [2.24, 2.45) is 29.4 Å². The third kappa shape index (κ3) is 10.1. The highest BCUT2D eigenvalue weighted by Gasteiger charge is 2.38. The minimum Gasteiger partial charge on any atom is -0.350 e. The first-order valence-electron chi connectivity index (χ1n) is 14.4. The highest BCUT2D eigenvalue weighted by Crippen LogP contribution is 2.36. The predicted molar refractivity (Wildman–Crippen MR) is 150 cm³/mol. The molecule has 1 aromatic rings. The Bertz CT molecular complexity index is 942. The third-order valence-corrected chi connectivity index (χ3v) is 7.35. The molecule has 4 atom stereocenters. The molecule has 9 nitrogen and oxygen atoms in total. The zero-order chi connectivity index (χ0) is 28.2. The summed E-state index contributed by atoms with van der Waals surface area (Å²) >= 11 is 0. The van der Waals surface area contributed by atoms with E-state index < -0.39 is 24.2 Å². The minimum absolute atomic E-state index is 0.120. The molecule has 0 radical (unpaired) electrons. The van der Waals surface area contributed by atoms with Crippen LogP contribution >= 0.6 is 0 Å². The van der Waals surface area contributed by atoms with Crippen molar-refractivity contribution in [3.63, 3.8) is 0 Å². The van der Waals surface area contributed by atoms with Gasteiger partial charge in [-0.1, -0.05) is 75.6 Å². The van der Waals surface area contributed by atoms with Crippen LogP contribution in [0.3, 0.4) is 0 Å². The molecular formula is C30H46N4O5. The number of carbonyl (C=O) groups is 3. The maximum absolute atomic E-state index is 13.8. The van der Waals surface area contributed by atoms with Crippen LogP contribution in [0.2, 0.25) is 0 Å². The van der Waals surface area contributed by atoms with Gasteiger partial charge in [0.2, 0.25) is 11.8 Å². The molecule has 2 aliphatic rings. The van der Waals surface area contributed by atoms with Gasteiger partial charge in [0.1, 0.15) is 0 Å². The van der Waals surface area contributed by atoms with Gasteiger partial charge in [-0.15, -0.1) is 0 Å². The zero-order valence-electron chi connectivity index (χ0n) is 23.6. The molecule has 2 fully saturated rings. The molecule has 1 saturated carbocycles. The first-order chi connectivity index (χ1) is 18.7. The van der Waals surface area contributed by atoms with Crippen LogP contribution in [0.25, 0.3) is 6.08 Å². The first kappa shape index (κ1) is 30.8. The average Bonchev–Trinajstić information content (AvgIpc) is 2.89. The lowest BCUT2D eigenvalue weighted by Gasteiger charge is -2.35. The number of carbonyl (C=O) groups excluding carboxylic acids is 3. The molecule has 3 rings (SSSR count). The molecule has 1 saturated heterocycles. The molecule has 39 heavy (non-hydrogen) atoms. The van der Waals surface area contributed by atoms with Gasteiger partial charge in [0, 0.05) is 19.6 Å². The topological polar surface area (TPSA) is 123 Å². The van der Waals surface area contributed by atoms with Crippen molar-refractivity contribution in [2.75, 3.05) is 13.2 Å². The maximum Gasteiger partial charge on any atom is 0.257 e. The fraction of sp³-hybridized carbons (Fsp3) is 0.633. The SMILES string of the molecule is CC(C)CN(NC(=O)[C@H](CC1CCC1)[C@H](C/C=C/c1ccccc1)C(=O)NOC1CCCCO1)C(=O)[C@@H](C)N. The first-order valence-corrected chi connectivity index (χ1v) is 14.4. The Morgan fingerprint density at radius 1 is 1.05 bits per heavy atom. The van der Waals surface area contributed by atoms with Gasteiger partial charge in [0.25, 0.3) is 5.91 Å². The monoisotopic (exact) mass is 542 g/mol. The summed E-state index contributed by atoms with van der Waals surface area (Å²) in [5.41, 5.74) is 12.3. The smallest absolute Gasteiger partial charge is 0.257 e. The van der Waals surface area contributed by atoms with Crippen molar-refractivity contribution in [3.05, 3.63) is 42.0 Å². The van der Waals surface area contributed by atoms with E-state index in [-0.39, 0.29) is 23.6 Å². The summed E-state index contributed by atoms with van der Waals surface area (Å²) < 4.78 is 5.60. The normalized spacial score (nSPS) is 20.2. The number of nitrogens with zero attached hydrogens (tertiary/aromatic N) is 1. The van der Waals surface area contributed by atoms with Crippen LogP contribution in [0.15, 0.2) is 36.4 Å². The fourth-order valence-electron chi connectivity index (χ4n) is 4.93. The Hall–Kier alpha value is -2.75. The van der Waals surface area contributed by atoms with Crippen molar-refractivity contribution in [1.82, 2.24) is 15.9 Å². The van der Waals surface area contributed by atoms with Crippen LogP contribution in [0.1, 0.15) is 77.7 Å². The second-order valence-corrected chi connectivity index (χ2v) is 11.3. The van der Waals surface area contributed by atoms with Crippen molar-refractivity contribution in [1.29, 1.82) is 0 Å². The van der Waals surface area contributed by atoms with Gasteiger partial charge >= 0.3 is 0 Å². The van der Waals surface area contributed by atoms with Crippen LogP contribution in [-0.4, -0.2) is 48.2 Å². The van der Waals surface area contributed by atoms with E-state index in [1.165, 1.54) is 5.01 Å². The summed E-state index contributed by atoms with van der Waals surface area (Å²) in [6.45, 7) is 6.46. The lowest BCUT2D eigenvalue weighted by Crippen LogP contribution is -2.55. The van der Waals surface area contributed by atoms with Gasteiger partial charge in [0.15, 0.2) is 6.29 Å². The number of nitrogens with two attached hydrogens (primary N) is 1. The van der Waals surface area contributed by atoms with E-state index in [0.717, 1.165) is 37.7 Å². The number of hydrogen-bond acceptors (Lipinski definition) is 6. The Morgan fingerprint density at radius 2 is 1.79 bits per heavy atom. The van der Waals surface area contributed by atoms with E-state index in [0.29, 0.717) is 38.3 Å². The summed E-state index contributed by atoms with van der Waals surface area (Å²) in [5, 5.41) is 1.31. The molecule has 9 heteroatoms. The lowest BCUT2D eigenvalue weighted by molar-refractivity contribution is -0.203. The van der Waals surface area contributed by atoms with Gasteiger partial charge in [-0.3, -0.25) is 24.8 Å². The van der Waals surface area contributed by atoms with E-state index in [2.05, 4.69) is 10.9 Å². The van der Waals surface area contributed by atoms with Crippen LogP contribution in [-0.2, 0) is 24.0 Å². The molecule has 1 aliphatic carbocycles. The molecule has 0 bridgehead atoms. The molecule has 1 heterocycles. The number of amides is 3. The van der Waals surface area contributed by atoms with Crippen molar-refractivity contribution < 1.29 is 24.0 Å². The largest absolute Gasteiger partial charge is 0.350 e. The standard InChI is InChI=1S/C30H46N4O5/c1-21(2)20-34(30(37)22(3)31)32-28(35)26(19-24-14-9-15-24)25(16-10-13-23-11-5-4-6-12-23)29(36)33-39-27-17-7-8-18-38-27/h4-6,10-13,21-22,24-27H,7-9,14-20,31H2,1-3H3,(H,32,35)(H,33,36)/b13-10+/t22-,25+,26-,27?/m1/s1. The summed E-state index contributed by atoms with van der Waals surface area (Å²) in [5.74, 6) is -1.94. The van der Waals surface area contributed by atoms with E-state index >= 15 is 0 Å². The Labute approximate surface area is 232 Å². The van der Waals surface area contributed by atoms with Gasteiger partial charge in [-0.05, 0) is 50.0 Å². The van der Waals surface area contributed by atoms with Gasteiger partial charge < -0.3 is 10.5 Å². The van der Waals surface area contributed by atoms with E-state index in [1.54, 1.807) is 6.92 Å². The molecular weight excluding hydrogens is 496 g/mol. The number of rotatable bonds is 13. The van der Waals surface area contributed by atoms with Gasteiger partial charge in [0.05, 0.1) is 17.9 Å². The Kier molecular flexibility index (Phi) is 12.4. The molecule has 0 aromatic heterocycles. The van der Waals surface area contributed by atoms with Crippen LogP contribution in [0.5, 0.6) is 0 Å². The number of hydrogen-bond donors (Lipinski definition) is 3. The summed E-state index contributed by atoms with van der Waals surface area (Å²) in [6.07, 6.45) is 10.1. The lowest BCUT2D eigenvalue weighted by atomic mass is 9.74.